The lowest BCUT2D eigenvalue weighted by Gasteiger charge is -2.37. The second-order valence-electron chi connectivity index (χ2n) is 6.51. The number of rotatable bonds is 4. The first-order chi connectivity index (χ1) is 13.5. The van der Waals surface area contributed by atoms with Crippen LogP contribution >= 0.6 is 0 Å². The van der Waals surface area contributed by atoms with Crippen LogP contribution in [0, 0.1) is 0 Å². The Morgan fingerprint density at radius 1 is 0.929 bits per heavy atom. The van der Waals surface area contributed by atoms with Gasteiger partial charge in [-0.05, 0) is 35.4 Å². The number of hydrogen-bond donors (Lipinski definition) is 2. The average molecular weight is 394 g/mol. The van der Waals surface area contributed by atoms with Crippen molar-refractivity contribution in [2.45, 2.75) is 17.6 Å². The summed E-state index contributed by atoms with van der Waals surface area (Å²) in [7, 11) is -3.75. The van der Waals surface area contributed by atoms with E-state index in [1.165, 1.54) is 16.4 Å². The Morgan fingerprint density at radius 3 is 2.25 bits per heavy atom. The zero-order valence-corrected chi connectivity index (χ0v) is 15.6. The van der Waals surface area contributed by atoms with Gasteiger partial charge in [-0.15, -0.1) is 0 Å². The summed E-state index contributed by atoms with van der Waals surface area (Å²) in [6, 6.07) is 22.4. The molecule has 1 atom stereocenters. The first-order valence-electron chi connectivity index (χ1n) is 8.71. The monoisotopic (exact) mass is 394 g/mol. The van der Waals surface area contributed by atoms with Crippen molar-refractivity contribution in [3.8, 4) is 0 Å². The minimum Gasteiger partial charge on any atom is -0.478 e. The van der Waals surface area contributed by atoms with Crippen LogP contribution < -0.4 is 5.32 Å². The van der Waals surface area contributed by atoms with Crippen molar-refractivity contribution in [1.29, 1.82) is 0 Å². The summed E-state index contributed by atoms with van der Waals surface area (Å²) >= 11 is 0. The molecule has 1 aliphatic rings. The molecule has 1 aliphatic heterocycles. The van der Waals surface area contributed by atoms with Gasteiger partial charge in [-0.2, -0.15) is 4.31 Å². The molecule has 0 unspecified atom stereocenters. The summed E-state index contributed by atoms with van der Waals surface area (Å²) in [5, 5.41) is 12.4. The third kappa shape index (κ3) is 3.26. The van der Waals surface area contributed by atoms with Crippen molar-refractivity contribution in [3.05, 3.63) is 95.6 Å². The van der Waals surface area contributed by atoms with Crippen LogP contribution in [0.5, 0.6) is 0 Å². The minimum absolute atomic E-state index is 0.150. The number of carbonyl (C=O) groups is 1. The van der Waals surface area contributed by atoms with E-state index in [1.54, 1.807) is 36.4 Å². The third-order valence-corrected chi connectivity index (χ3v) is 6.58. The molecule has 0 saturated carbocycles. The van der Waals surface area contributed by atoms with Crippen LogP contribution in [-0.4, -0.2) is 23.8 Å². The fraction of sp³-hybridized carbons (Fsp3) is 0.0952. The van der Waals surface area contributed by atoms with Crippen LogP contribution in [0.15, 0.2) is 83.8 Å². The van der Waals surface area contributed by atoms with Crippen molar-refractivity contribution in [1.82, 2.24) is 4.31 Å². The van der Waals surface area contributed by atoms with Gasteiger partial charge in [-0.3, -0.25) is 0 Å². The van der Waals surface area contributed by atoms with Gasteiger partial charge in [0.1, 0.15) is 11.1 Å². The SMILES string of the molecule is O=C(O)c1ccc([C@@H]2Nc3ccccc3S(=O)(=O)N2Cc2ccccc2)cc1. The average Bonchev–Trinajstić information content (AvgIpc) is 2.71. The standard InChI is InChI=1S/C21H18N2O4S/c24-21(25)17-12-10-16(11-13-17)20-22-18-8-4-5-9-19(18)28(26,27)23(20)14-15-6-2-1-3-7-15/h1-13,20,22H,14H2,(H,24,25)/t20-/m1/s1. The molecule has 0 saturated heterocycles. The van der Waals surface area contributed by atoms with Crippen molar-refractivity contribution in [2.24, 2.45) is 0 Å². The van der Waals surface area contributed by atoms with E-state index in [2.05, 4.69) is 5.32 Å². The highest BCUT2D eigenvalue weighted by molar-refractivity contribution is 7.89. The number of nitrogens with zero attached hydrogens (tertiary/aromatic N) is 1. The lowest BCUT2D eigenvalue weighted by atomic mass is 10.1. The van der Waals surface area contributed by atoms with Crippen LogP contribution in [0.25, 0.3) is 0 Å². The summed E-state index contributed by atoms with van der Waals surface area (Å²) in [4.78, 5) is 11.4. The van der Waals surface area contributed by atoms with Gasteiger partial charge in [0.2, 0.25) is 10.0 Å². The Morgan fingerprint density at radius 2 is 1.57 bits per heavy atom. The van der Waals surface area contributed by atoms with Gasteiger partial charge < -0.3 is 10.4 Å². The molecule has 142 valence electrons. The maximum Gasteiger partial charge on any atom is 0.335 e. The number of fused-ring (bicyclic) bond motifs is 1. The molecule has 0 aromatic heterocycles. The van der Waals surface area contributed by atoms with Gasteiger partial charge in [0, 0.05) is 6.54 Å². The number of anilines is 1. The van der Waals surface area contributed by atoms with E-state index in [0.29, 0.717) is 11.3 Å². The number of aromatic carboxylic acids is 1. The van der Waals surface area contributed by atoms with E-state index < -0.39 is 22.2 Å². The molecular formula is C21H18N2O4S. The molecule has 0 fully saturated rings. The summed E-state index contributed by atoms with van der Waals surface area (Å²) in [5.41, 5.74) is 2.20. The molecule has 0 radical (unpaired) electrons. The maximum absolute atomic E-state index is 13.4. The minimum atomic E-state index is -3.75. The topological polar surface area (TPSA) is 86.7 Å². The predicted molar refractivity (Wildman–Crippen MR) is 105 cm³/mol. The number of carboxylic acid groups (broad SMARTS) is 1. The van der Waals surface area contributed by atoms with Crippen LogP contribution in [0.4, 0.5) is 5.69 Å². The summed E-state index contributed by atoms with van der Waals surface area (Å²) < 4.78 is 28.1. The number of sulfonamides is 1. The number of carboxylic acids is 1. The molecule has 3 aromatic rings. The van der Waals surface area contributed by atoms with E-state index >= 15 is 0 Å². The van der Waals surface area contributed by atoms with E-state index in [0.717, 1.165) is 5.56 Å². The Hall–Kier alpha value is -3.16. The number of hydrogen-bond acceptors (Lipinski definition) is 4. The molecule has 7 heteroatoms. The van der Waals surface area contributed by atoms with Crippen LogP contribution in [0.2, 0.25) is 0 Å². The zero-order valence-electron chi connectivity index (χ0n) is 14.8. The third-order valence-electron chi connectivity index (χ3n) is 4.71. The fourth-order valence-corrected chi connectivity index (χ4v) is 4.97. The van der Waals surface area contributed by atoms with Crippen LogP contribution in [0.1, 0.15) is 27.7 Å². The van der Waals surface area contributed by atoms with Gasteiger partial charge in [0.25, 0.3) is 0 Å². The smallest absolute Gasteiger partial charge is 0.335 e. The highest BCUT2D eigenvalue weighted by Gasteiger charge is 2.38. The Bertz CT molecular complexity index is 1110. The van der Waals surface area contributed by atoms with Crippen molar-refractivity contribution >= 4 is 21.7 Å². The Labute approximate surface area is 163 Å². The van der Waals surface area contributed by atoms with Gasteiger partial charge in [0.05, 0.1) is 11.3 Å². The molecule has 4 rings (SSSR count). The molecule has 0 aliphatic carbocycles. The second-order valence-corrected chi connectivity index (χ2v) is 8.37. The normalized spacial score (nSPS) is 18.1. The van der Waals surface area contributed by atoms with E-state index in [-0.39, 0.29) is 17.0 Å². The van der Waals surface area contributed by atoms with Gasteiger partial charge in [0.15, 0.2) is 0 Å². The van der Waals surface area contributed by atoms with Crippen molar-refractivity contribution < 1.29 is 18.3 Å². The van der Waals surface area contributed by atoms with Gasteiger partial charge in [-0.1, -0.05) is 54.6 Å². The maximum atomic E-state index is 13.4. The lowest BCUT2D eigenvalue weighted by molar-refractivity contribution is 0.0697. The summed E-state index contributed by atoms with van der Waals surface area (Å²) in [6.45, 7) is 0.190. The Balaban J connectivity index is 1.81. The fourth-order valence-electron chi connectivity index (χ4n) is 3.29. The van der Waals surface area contributed by atoms with Gasteiger partial charge >= 0.3 is 5.97 Å². The summed E-state index contributed by atoms with van der Waals surface area (Å²) in [6.07, 6.45) is -0.650. The highest BCUT2D eigenvalue weighted by Crippen LogP contribution is 2.39. The van der Waals surface area contributed by atoms with Crippen molar-refractivity contribution in [3.63, 3.8) is 0 Å². The van der Waals surface area contributed by atoms with E-state index in [1.807, 2.05) is 30.3 Å². The first kappa shape index (κ1) is 18.2. The van der Waals surface area contributed by atoms with Crippen molar-refractivity contribution in [2.75, 3.05) is 5.32 Å². The largest absolute Gasteiger partial charge is 0.478 e. The quantitative estimate of drug-likeness (QED) is 0.705. The van der Waals surface area contributed by atoms with Crippen LogP contribution in [0.3, 0.4) is 0 Å². The molecule has 1 heterocycles. The molecule has 3 aromatic carbocycles. The first-order valence-corrected chi connectivity index (χ1v) is 10.2. The number of para-hydroxylation sites is 1. The predicted octanol–water partition coefficient (Wildman–Crippen LogP) is 3.70. The van der Waals surface area contributed by atoms with E-state index in [9.17, 15) is 13.2 Å². The number of benzene rings is 3. The van der Waals surface area contributed by atoms with Gasteiger partial charge in [-0.25, -0.2) is 13.2 Å². The Kier molecular flexibility index (Phi) is 4.62. The van der Waals surface area contributed by atoms with E-state index in [4.69, 9.17) is 5.11 Å². The summed E-state index contributed by atoms with van der Waals surface area (Å²) in [5.74, 6) is -1.03. The molecule has 0 bridgehead atoms. The highest BCUT2D eigenvalue weighted by atomic mass is 32.2. The number of nitrogens with one attached hydrogen (secondary N) is 1. The molecule has 0 amide bonds. The van der Waals surface area contributed by atoms with Crippen LogP contribution in [-0.2, 0) is 16.6 Å². The molecule has 0 spiro atoms. The zero-order chi connectivity index (χ0) is 19.7. The molecule has 28 heavy (non-hydrogen) atoms. The molecular weight excluding hydrogens is 376 g/mol. The molecule has 6 nitrogen and oxygen atoms in total. The second kappa shape index (κ2) is 7.10. The lowest BCUT2D eigenvalue weighted by Crippen LogP contribution is -2.42. The molecule has 2 N–H and O–H groups in total.